The molecule has 3 rings (SSSR count). The minimum atomic E-state index is 0.00752. The number of hydrogen-bond donors (Lipinski definition) is 1. The fourth-order valence-electron chi connectivity index (χ4n) is 2.48. The number of hydrogen-bond acceptors (Lipinski definition) is 5. The van der Waals surface area contributed by atoms with E-state index in [1.54, 1.807) is 19.4 Å². The maximum Gasteiger partial charge on any atom is 0.284 e. The van der Waals surface area contributed by atoms with Crippen LogP contribution < -0.4 is 15.6 Å². The Kier molecular flexibility index (Phi) is 5.50. The van der Waals surface area contributed by atoms with Gasteiger partial charge in [0.15, 0.2) is 0 Å². The number of anilines is 2. The summed E-state index contributed by atoms with van der Waals surface area (Å²) >= 11 is 1.50. The van der Waals surface area contributed by atoms with Gasteiger partial charge in [-0.25, -0.2) is 4.98 Å². The number of rotatable bonds is 7. The number of ether oxygens (including phenoxy) is 1. The first-order valence-corrected chi connectivity index (χ1v) is 9.07. The molecular weight excluding hydrogens is 334 g/mol. The predicted molar refractivity (Wildman–Crippen MR) is 103 cm³/mol. The summed E-state index contributed by atoms with van der Waals surface area (Å²) < 4.78 is 6.91. The molecule has 0 bridgehead atoms. The van der Waals surface area contributed by atoms with E-state index < -0.39 is 0 Å². The van der Waals surface area contributed by atoms with Gasteiger partial charge in [-0.2, -0.15) is 0 Å². The zero-order valence-corrected chi connectivity index (χ0v) is 15.2. The minimum absolute atomic E-state index is 0.00752. The average Bonchev–Trinajstić information content (AvgIpc) is 2.97. The summed E-state index contributed by atoms with van der Waals surface area (Å²) in [6.45, 7) is 2.86. The zero-order chi connectivity index (χ0) is 17.6. The van der Waals surface area contributed by atoms with Gasteiger partial charge < -0.3 is 10.1 Å². The van der Waals surface area contributed by atoms with E-state index >= 15 is 0 Å². The monoisotopic (exact) mass is 355 g/mol. The summed E-state index contributed by atoms with van der Waals surface area (Å²) in [7, 11) is 1.58. The van der Waals surface area contributed by atoms with Crippen molar-refractivity contribution in [2.45, 2.75) is 26.3 Å². The summed E-state index contributed by atoms with van der Waals surface area (Å²) in [5, 5.41) is 3.25. The zero-order valence-electron chi connectivity index (χ0n) is 14.4. The molecule has 0 atom stereocenters. The fourth-order valence-corrected chi connectivity index (χ4v) is 3.57. The van der Waals surface area contributed by atoms with Crippen molar-refractivity contribution < 1.29 is 4.74 Å². The standard InChI is InChI=1S/C19H21N3O2S/c1-3-4-12-22-19(23)17(18(25-22)14-8-6-5-7-9-14)21-15-10-11-16(24-2)20-13-15/h5-11,13,21H,3-4,12H2,1-2H3. The molecule has 0 radical (unpaired) electrons. The van der Waals surface area contributed by atoms with E-state index in [1.165, 1.54) is 11.5 Å². The lowest BCUT2D eigenvalue weighted by Gasteiger charge is -2.06. The van der Waals surface area contributed by atoms with Crippen LogP contribution in [0.5, 0.6) is 5.88 Å². The predicted octanol–water partition coefficient (Wildman–Crippen LogP) is 4.52. The quantitative estimate of drug-likeness (QED) is 0.677. The van der Waals surface area contributed by atoms with Gasteiger partial charge >= 0.3 is 0 Å². The van der Waals surface area contributed by atoms with Crippen molar-refractivity contribution in [3.8, 4) is 16.3 Å². The molecule has 2 aromatic heterocycles. The summed E-state index contributed by atoms with van der Waals surface area (Å²) in [5.41, 5.74) is 2.40. The summed E-state index contributed by atoms with van der Waals surface area (Å²) in [4.78, 5) is 18.0. The number of aromatic nitrogens is 2. The largest absolute Gasteiger partial charge is 0.481 e. The first kappa shape index (κ1) is 17.2. The van der Waals surface area contributed by atoms with Crippen LogP contribution in [0.3, 0.4) is 0 Å². The van der Waals surface area contributed by atoms with Gasteiger partial charge in [-0.3, -0.25) is 8.75 Å². The highest BCUT2D eigenvalue weighted by Gasteiger charge is 2.17. The Hall–Kier alpha value is -2.60. The third-order valence-electron chi connectivity index (χ3n) is 3.83. The van der Waals surface area contributed by atoms with Crippen molar-refractivity contribution in [2.75, 3.05) is 12.4 Å². The van der Waals surface area contributed by atoms with Crippen molar-refractivity contribution in [3.05, 3.63) is 59.0 Å². The van der Waals surface area contributed by atoms with Gasteiger partial charge in [-0.1, -0.05) is 55.2 Å². The lowest BCUT2D eigenvalue weighted by Crippen LogP contribution is -2.16. The molecule has 1 aromatic carbocycles. The number of nitrogens with zero attached hydrogens (tertiary/aromatic N) is 2. The van der Waals surface area contributed by atoms with E-state index in [-0.39, 0.29) is 5.56 Å². The highest BCUT2D eigenvalue weighted by Crippen LogP contribution is 2.32. The molecule has 0 amide bonds. The summed E-state index contributed by atoms with van der Waals surface area (Å²) in [6, 6.07) is 13.6. The number of aryl methyl sites for hydroxylation is 1. The smallest absolute Gasteiger partial charge is 0.284 e. The minimum Gasteiger partial charge on any atom is -0.481 e. The van der Waals surface area contributed by atoms with E-state index in [0.29, 0.717) is 11.6 Å². The molecule has 25 heavy (non-hydrogen) atoms. The summed E-state index contributed by atoms with van der Waals surface area (Å²) in [5.74, 6) is 0.541. The van der Waals surface area contributed by atoms with Crippen molar-refractivity contribution in [1.82, 2.24) is 8.94 Å². The van der Waals surface area contributed by atoms with Crippen LogP contribution >= 0.6 is 11.5 Å². The van der Waals surface area contributed by atoms with Gasteiger partial charge in [-0.05, 0) is 18.1 Å². The Morgan fingerprint density at radius 3 is 2.64 bits per heavy atom. The molecule has 0 saturated carbocycles. The van der Waals surface area contributed by atoms with Gasteiger partial charge in [0.1, 0.15) is 5.69 Å². The number of nitrogens with one attached hydrogen (secondary N) is 1. The van der Waals surface area contributed by atoms with Crippen molar-refractivity contribution in [2.24, 2.45) is 0 Å². The molecule has 0 fully saturated rings. The Morgan fingerprint density at radius 1 is 1.20 bits per heavy atom. The fraction of sp³-hybridized carbons (Fsp3) is 0.263. The van der Waals surface area contributed by atoms with E-state index in [9.17, 15) is 4.79 Å². The van der Waals surface area contributed by atoms with Crippen molar-refractivity contribution in [1.29, 1.82) is 0 Å². The Morgan fingerprint density at radius 2 is 2.00 bits per heavy atom. The SMILES string of the molecule is CCCCn1sc(-c2ccccc2)c(Nc2ccc(OC)nc2)c1=O. The molecule has 1 N–H and O–H groups in total. The molecule has 2 heterocycles. The second-order valence-corrected chi connectivity index (χ2v) is 6.67. The van der Waals surface area contributed by atoms with Crippen LogP contribution in [-0.4, -0.2) is 16.1 Å². The van der Waals surface area contributed by atoms with Crippen molar-refractivity contribution in [3.63, 3.8) is 0 Å². The number of methoxy groups -OCH3 is 1. The lowest BCUT2D eigenvalue weighted by atomic mass is 10.1. The van der Waals surface area contributed by atoms with Gasteiger partial charge in [0, 0.05) is 12.6 Å². The molecule has 3 aromatic rings. The maximum atomic E-state index is 12.9. The van der Waals surface area contributed by atoms with E-state index in [2.05, 4.69) is 17.2 Å². The lowest BCUT2D eigenvalue weighted by molar-refractivity contribution is 0.398. The molecule has 0 spiro atoms. The second kappa shape index (κ2) is 7.98. The van der Waals surface area contributed by atoms with Gasteiger partial charge in [0.25, 0.3) is 5.56 Å². The first-order chi connectivity index (χ1) is 12.2. The van der Waals surface area contributed by atoms with Gasteiger partial charge in [0.05, 0.1) is 23.9 Å². The molecule has 6 heteroatoms. The maximum absolute atomic E-state index is 12.9. The van der Waals surface area contributed by atoms with Crippen LogP contribution in [0.15, 0.2) is 53.5 Å². The number of unbranched alkanes of at least 4 members (excludes halogenated alkanes) is 1. The third kappa shape index (κ3) is 3.91. The van der Waals surface area contributed by atoms with Crippen LogP contribution in [0.25, 0.3) is 10.4 Å². The number of pyridine rings is 1. The van der Waals surface area contributed by atoms with Gasteiger partial charge in [0.2, 0.25) is 5.88 Å². The molecular formula is C19H21N3O2S. The molecule has 0 aliphatic heterocycles. The van der Waals surface area contributed by atoms with E-state index in [1.807, 2.05) is 40.4 Å². The van der Waals surface area contributed by atoms with Crippen LogP contribution in [0, 0.1) is 0 Å². The Balaban J connectivity index is 2.00. The third-order valence-corrected chi connectivity index (χ3v) is 5.03. The number of benzene rings is 1. The molecule has 130 valence electrons. The molecule has 0 aliphatic carbocycles. The molecule has 5 nitrogen and oxygen atoms in total. The Labute approximate surface area is 151 Å². The normalized spacial score (nSPS) is 10.6. The van der Waals surface area contributed by atoms with Gasteiger partial charge in [-0.15, -0.1) is 0 Å². The second-order valence-electron chi connectivity index (χ2n) is 5.64. The van der Waals surface area contributed by atoms with E-state index in [4.69, 9.17) is 4.74 Å². The van der Waals surface area contributed by atoms with Crippen LogP contribution in [0.4, 0.5) is 11.4 Å². The average molecular weight is 355 g/mol. The van der Waals surface area contributed by atoms with Crippen LogP contribution in [-0.2, 0) is 6.54 Å². The van der Waals surface area contributed by atoms with E-state index in [0.717, 1.165) is 35.5 Å². The summed E-state index contributed by atoms with van der Waals surface area (Å²) in [6.07, 6.45) is 3.70. The topological polar surface area (TPSA) is 56.1 Å². The van der Waals surface area contributed by atoms with Crippen molar-refractivity contribution >= 4 is 22.9 Å². The van der Waals surface area contributed by atoms with Crippen LogP contribution in [0.2, 0.25) is 0 Å². The Bertz CT molecular complexity index is 870. The molecule has 0 aliphatic rings. The highest BCUT2D eigenvalue weighted by molar-refractivity contribution is 7.10. The molecule has 0 saturated heterocycles. The first-order valence-electron chi connectivity index (χ1n) is 8.29. The van der Waals surface area contributed by atoms with Crippen LogP contribution in [0.1, 0.15) is 19.8 Å². The highest BCUT2D eigenvalue weighted by atomic mass is 32.1. The molecule has 0 unspecified atom stereocenters.